The maximum atomic E-state index is 12.9. The first-order valence-electron chi connectivity index (χ1n) is 10.7. The van der Waals surface area contributed by atoms with Gasteiger partial charge in [-0.15, -0.1) is 0 Å². The summed E-state index contributed by atoms with van der Waals surface area (Å²) in [6.07, 6.45) is 2.24. The topological polar surface area (TPSA) is 80.2 Å². The smallest absolute Gasteiger partial charge is 0.338 e. The number of amidine groups is 1. The third-order valence-corrected chi connectivity index (χ3v) is 6.68. The first-order valence-corrected chi connectivity index (χ1v) is 12.0. The van der Waals surface area contributed by atoms with Crippen LogP contribution in [0.5, 0.6) is 0 Å². The van der Waals surface area contributed by atoms with E-state index < -0.39 is 12.0 Å². The first kappa shape index (κ1) is 22.9. The molecule has 0 radical (unpaired) electrons. The molecule has 0 spiro atoms. The molecule has 3 aliphatic rings. The van der Waals surface area contributed by atoms with Gasteiger partial charge >= 0.3 is 5.97 Å². The fourth-order valence-corrected chi connectivity index (χ4v) is 5.25. The van der Waals surface area contributed by atoms with E-state index in [2.05, 4.69) is 10.3 Å². The Hall–Kier alpha value is -2.29. The molecule has 1 N–H and O–H groups in total. The largest absolute Gasteiger partial charge is 0.463 e. The molecular formula is C23H26ClN3O4S. The van der Waals surface area contributed by atoms with Gasteiger partial charge in [0.25, 0.3) is 0 Å². The summed E-state index contributed by atoms with van der Waals surface area (Å²) in [6, 6.07) is 6.91. The molecule has 0 aliphatic carbocycles. The first-order chi connectivity index (χ1) is 15.5. The summed E-state index contributed by atoms with van der Waals surface area (Å²) in [4.78, 5) is 32.2. The molecule has 3 aliphatic heterocycles. The molecule has 0 aromatic heterocycles. The van der Waals surface area contributed by atoms with Crippen molar-refractivity contribution in [3.63, 3.8) is 0 Å². The SMILES string of the molecule is CCOC(=O)C1=C(C)N=C2SC=C(CC(=O)NCC3CCCO3)N2C1c1cccc(Cl)c1. The number of esters is 1. The van der Waals surface area contributed by atoms with Gasteiger partial charge in [0.1, 0.15) is 0 Å². The van der Waals surface area contributed by atoms with Crippen molar-refractivity contribution in [2.45, 2.75) is 45.3 Å². The number of thioether (sulfide) groups is 1. The van der Waals surface area contributed by atoms with E-state index in [9.17, 15) is 9.59 Å². The Morgan fingerprint density at radius 2 is 2.25 bits per heavy atom. The second kappa shape index (κ2) is 10.1. The van der Waals surface area contributed by atoms with Gasteiger partial charge in [-0.3, -0.25) is 4.79 Å². The molecule has 0 saturated carbocycles. The Morgan fingerprint density at radius 3 is 2.97 bits per heavy atom. The van der Waals surface area contributed by atoms with Gasteiger partial charge in [-0.25, -0.2) is 9.79 Å². The standard InChI is InChI=1S/C23H26ClN3O4S/c1-3-30-22(29)20-14(2)26-23-27(21(20)15-6-4-7-16(24)10-15)17(13-32-23)11-19(28)25-12-18-8-5-9-31-18/h4,6-7,10,13,18,21H,3,5,8-9,11-12H2,1-2H3,(H,25,28). The van der Waals surface area contributed by atoms with E-state index in [4.69, 9.17) is 21.1 Å². The van der Waals surface area contributed by atoms with Crippen LogP contribution in [0, 0.1) is 0 Å². The molecular weight excluding hydrogens is 450 g/mol. The van der Waals surface area contributed by atoms with Crippen LogP contribution in [-0.2, 0) is 19.1 Å². The molecule has 0 bridgehead atoms. The molecule has 9 heteroatoms. The number of aliphatic imine (C=N–C) groups is 1. The van der Waals surface area contributed by atoms with Crippen molar-refractivity contribution >= 4 is 40.4 Å². The summed E-state index contributed by atoms with van der Waals surface area (Å²) in [7, 11) is 0. The average molecular weight is 476 g/mol. The van der Waals surface area contributed by atoms with E-state index in [1.54, 1.807) is 19.9 Å². The van der Waals surface area contributed by atoms with Gasteiger partial charge in [0, 0.05) is 23.9 Å². The number of nitrogens with one attached hydrogen (secondary N) is 1. The van der Waals surface area contributed by atoms with E-state index in [1.165, 1.54) is 11.8 Å². The van der Waals surface area contributed by atoms with E-state index in [0.29, 0.717) is 22.8 Å². The van der Waals surface area contributed by atoms with Crippen LogP contribution in [0.2, 0.25) is 5.02 Å². The Kier molecular flexibility index (Phi) is 7.23. The lowest BCUT2D eigenvalue weighted by molar-refractivity contribution is -0.139. The number of ether oxygens (including phenoxy) is 2. The number of allylic oxidation sites excluding steroid dienone is 1. The van der Waals surface area contributed by atoms with Crippen molar-refractivity contribution in [3.8, 4) is 0 Å². The molecule has 7 nitrogen and oxygen atoms in total. The number of hydrogen-bond donors (Lipinski definition) is 1. The van der Waals surface area contributed by atoms with Crippen molar-refractivity contribution in [2.24, 2.45) is 4.99 Å². The van der Waals surface area contributed by atoms with Crippen molar-refractivity contribution in [3.05, 3.63) is 57.2 Å². The van der Waals surface area contributed by atoms with Crippen LogP contribution >= 0.6 is 23.4 Å². The average Bonchev–Trinajstić information content (AvgIpc) is 3.41. The summed E-state index contributed by atoms with van der Waals surface area (Å²) >= 11 is 7.72. The van der Waals surface area contributed by atoms with Crippen molar-refractivity contribution in [1.82, 2.24) is 10.2 Å². The van der Waals surface area contributed by atoms with Gasteiger partial charge in [0.05, 0.1) is 36.4 Å². The maximum Gasteiger partial charge on any atom is 0.338 e. The Morgan fingerprint density at radius 1 is 1.41 bits per heavy atom. The van der Waals surface area contributed by atoms with E-state index in [-0.39, 0.29) is 25.0 Å². The normalized spacial score (nSPS) is 22.4. The fourth-order valence-electron chi connectivity index (χ4n) is 4.09. The van der Waals surface area contributed by atoms with Gasteiger partial charge in [0.2, 0.25) is 5.91 Å². The number of carbonyl (C=O) groups is 2. The summed E-state index contributed by atoms with van der Waals surface area (Å²) in [5, 5.41) is 6.18. The summed E-state index contributed by atoms with van der Waals surface area (Å²) < 4.78 is 10.9. The zero-order chi connectivity index (χ0) is 22.7. The van der Waals surface area contributed by atoms with Gasteiger partial charge in [-0.1, -0.05) is 35.5 Å². The summed E-state index contributed by atoms with van der Waals surface area (Å²) in [5.41, 5.74) is 2.66. The van der Waals surface area contributed by atoms with Crippen molar-refractivity contribution < 1.29 is 19.1 Å². The number of halogens is 1. The maximum absolute atomic E-state index is 12.9. The van der Waals surface area contributed by atoms with Gasteiger partial charge in [0.15, 0.2) is 5.17 Å². The van der Waals surface area contributed by atoms with E-state index >= 15 is 0 Å². The highest BCUT2D eigenvalue weighted by molar-refractivity contribution is 8.16. The molecule has 170 valence electrons. The second-order valence-electron chi connectivity index (χ2n) is 7.78. The minimum Gasteiger partial charge on any atom is -0.463 e. The van der Waals surface area contributed by atoms with Gasteiger partial charge in [-0.05, 0) is 49.8 Å². The lowest BCUT2D eigenvalue weighted by Crippen LogP contribution is -2.38. The quantitative estimate of drug-likeness (QED) is 0.596. The number of benzene rings is 1. The van der Waals surface area contributed by atoms with Crippen LogP contribution < -0.4 is 5.32 Å². The second-order valence-corrected chi connectivity index (χ2v) is 9.06. The molecule has 3 heterocycles. The predicted molar refractivity (Wildman–Crippen MR) is 125 cm³/mol. The fraction of sp³-hybridized carbons (Fsp3) is 0.435. The van der Waals surface area contributed by atoms with Crippen LogP contribution in [0.3, 0.4) is 0 Å². The molecule has 2 unspecified atom stereocenters. The summed E-state index contributed by atoms with van der Waals surface area (Å²) in [5.74, 6) is -0.515. The third kappa shape index (κ3) is 4.87. The number of amides is 1. The molecule has 32 heavy (non-hydrogen) atoms. The highest BCUT2D eigenvalue weighted by Crippen LogP contribution is 2.45. The predicted octanol–water partition coefficient (Wildman–Crippen LogP) is 4.16. The molecule has 1 fully saturated rings. The molecule has 1 amide bonds. The van der Waals surface area contributed by atoms with Gasteiger partial charge in [-0.2, -0.15) is 0 Å². The lowest BCUT2D eigenvalue weighted by atomic mass is 9.94. The van der Waals surface area contributed by atoms with E-state index in [1.807, 2.05) is 28.5 Å². The molecule has 1 saturated heterocycles. The molecule has 4 rings (SSSR count). The minimum atomic E-state index is -0.479. The summed E-state index contributed by atoms with van der Waals surface area (Å²) in [6.45, 7) is 5.10. The van der Waals surface area contributed by atoms with Gasteiger partial charge < -0.3 is 19.7 Å². The zero-order valence-corrected chi connectivity index (χ0v) is 19.7. The molecule has 1 aromatic carbocycles. The Balaban J connectivity index is 1.60. The highest BCUT2D eigenvalue weighted by atomic mass is 35.5. The number of fused-ring (bicyclic) bond motifs is 1. The number of nitrogens with zero attached hydrogens (tertiary/aromatic N) is 2. The molecule has 1 aromatic rings. The van der Waals surface area contributed by atoms with E-state index in [0.717, 1.165) is 35.9 Å². The zero-order valence-electron chi connectivity index (χ0n) is 18.1. The number of rotatable bonds is 7. The highest BCUT2D eigenvalue weighted by Gasteiger charge is 2.41. The Bertz CT molecular complexity index is 1000. The monoisotopic (exact) mass is 475 g/mol. The Labute approximate surface area is 196 Å². The van der Waals surface area contributed by atoms with Crippen LogP contribution in [0.1, 0.15) is 44.7 Å². The minimum absolute atomic E-state index is 0.0817. The number of hydrogen-bond acceptors (Lipinski definition) is 7. The van der Waals surface area contributed by atoms with Crippen LogP contribution in [0.25, 0.3) is 0 Å². The third-order valence-electron chi connectivity index (χ3n) is 5.55. The lowest BCUT2D eigenvalue weighted by Gasteiger charge is -2.36. The van der Waals surface area contributed by atoms with Crippen molar-refractivity contribution in [2.75, 3.05) is 19.8 Å². The van der Waals surface area contributed by atoms with Crippen LogP contribution in [0.15, 0.2) is 51.6 Å². The van der Waals surface area contributed by atoms with Crippen LogP contribution in [0.4, 0.5) is 0 Å². The molecule has 2 atom stereocenters. The van der Waals surface area contributed by atoms with Crippen molar-refractivity contribution in [1.29, 1.82) is 0 Å². The number of carbonyl (C=O) groups excluding carboxylic acids is 2. The van der Waals surface area contributed by atoms with Crippen LogP contribution in [-0.4, -0.2) is 47.8 Å².